The van der Waals surface area contributed by atoms with Crippen LogP contribution >= 0.6 is 0 Å². The van der Waals surface area contributed by atoms with Gasteiger partial charge in [0.05, 0.1) is 30.8 Å². The van der Waals surface area contributed by atoms with E-state index in [1.165, 1.54) is 25.7 Å². The van der Waals surface area contributed by atoms with Crippen LogP contribution in [0.1, 0.15) is 10.4 Å². The molecule has 0 aliphatic carbocycles. The molecule has 0 unspecified atom stereocenters. The zero-order valence-electron chi connectivity index (χ0n) is 8.60. The Labute approximate surface area is 91.7 Å². The van der Waals surface area contributed by atoms with Crippen molar-refractivity contribution >= 4 is 11.6 Å². The second kappa shape index (κ2) is 4.43. The van der Waals surface area contributed by atoms with E-state index in [4.69, 9.17) is 4.74 Å². The number of hydrogen-bond donors (Lipinski definition) is 2. The average Bonchev–Trinajstić information content (AvgIpc) is 2.81. The molecule has 0 spiro atoms. The van der Waals surface area contributed by atoms with Crippen molar-refractivity contribution in [3.8, 4) is 5.75 Å². The maximum atomic E-state index is 11.8. The van der Waals surface area contributed by atoms with Crippen molar-refractivity contribution in [2.75, 3.05) is 12.4 Å². The molecule has 2 rings (SSSR count). The lowest BCUT2D eigenvalue weighted by molar-refractivity contribution is 0.102. The third kappa shape index (κ3) is 2.00. The first-order valence-electron chi connectivity index (χ1n) is 4.59. The van der Waals surface area contributed by atoms with Gasteiger partial charge >= 0.3 is 0 Å². The maximum absolute atomic E-state index is 11.8. The van der Waals surface area contributed by atoms with Crippen molar-refractivity contribution in [3.63, 3.8) is 0 Å². The van der Waals surface area contributed by atoms with E-state index in [9.17, 15) is 4.79 Å². The summed E-state index contributed by atoms with van der Waals surface area (Å²) in [6, 6.07) is 1.59. The highest BCUT2D eigenvalue weighted by molar-refractivity contribution is 6.05. The van der Waals surface area contributed by atoms with Gasteiger partial charge < -0.3 is 10.1 Å². The summed E-state index contributed by atoms with van der Waals surface area (Å²) in [6.07, 6.45) is 6.13. The molecule has 2 heterocycles. The van der Waals surface area contributed by atoms with Gasteiger partial charge in [-0.15, -0.1) is 0 Å². The summed E-state index contributed by atoms with van der Waals surface area (Å²) < 4.78 is 5.04. The predicted molar refractivity (Wildman–Crippen MR) is 57.3 cm³/mol. The summed E-state index contributed by atoms with van der Waals surface area (Å²) in [4.78, 5) is 15.7. The molecule has 0 fully saturated rings. The molecule has 0 radical (unpaired) electrons. The second-order valence-electron chi connectivity index (χ2n) is 3.02. The Balaban J connectivity index is 2.21. The van der Waals surface area contributed by atoms with Crippen molar-refractivity contribution in [1.82, 2.24) is 15.2 Å². The Hall–Kier alpha value is -2.37. The molecular formula is C10H10N4O2. The number of pyridine rings is 1. The highest BCUT2D eigenvalue weighted by Crippen LogP contribution is 2.17. The summed E-state index contributed by atoms with van der Waals surface area (Å²) in [7, 11) is 1.49. The zero-order valence-corrected chi connectivity index (χ0v) is 8.60. The minimum Gasteiger partial charge on any atom is -0.494 e. The summed E-state index contributed by atoms with van der Waals surface area (Å²) in [5.74, 6) is 0.171. The monoisotopic (exact) mass is 218 g/mol. The molecule has 2 N–H and O–H groups in total. The molecule has 0 saturated heterocycles. The highest BCUT2D eigenvalue weighted by Gasteiger charge is 2.12. The number of hydrogen-bond acceptors (Lipinski definition) is 4. The first kappa shape index (κ1) is 10.2. The fraction of sp³-hybridized carbons (Fsp3) is 0.100. The number of aromatic nitrogens is 3. The van der Waals surface area contributed by atoms with Gasteiger partial charge in [0.25, 0.3) is 5.91 Å². The number of amides is 1. The van der Waals surface area contributed by atoms with E-state index in [0.29, 0.717) is 17.0 Å². The SMILES string of the molecule is COc1cnccc1C(=O)Nc1cn[nH]c1. The molecule has 82 valence electrons. The van der Waals surface area contributed by atoms with E-state index < -0.39 is 0 Å². The minimum absolute atomic E-state index is 0.263. The number of rotatable bonds is 3. The fourth-order valence-corrected chi connectivity index (χ4v) is 1.25. The molecule has 16 heavy (non-hydrogen) atoms. The van der Waals surface area contributed by atoms with Crippen molar-refractivity contribution in [2.24, 2.45) is 0 Å². The van der Waals surface area contributed by atoms with E-state index in [0.717, 1.165) is 0 Å². The number of nitrogens with zero attached hydrogens (tertiary/aromatic N) is 2. The molecule has 2 aromatic rings. The first-order valence-corrected chi connectivity index (χ1v) is 4.59. The Bertz CT molecular complexity index is 481. The zero-order chi connectivity index (χ0) is 11.4. The normalized spacial score (nSPS) is 9.81. The number of carbonyl (C=O) groups is 1. The Kier molecular flexibility index (Phi) is 2.81. The summed E-state index contributed by atoms with van der Waals surface area (Å²) in [6.45, 7) is 0. The van der Waals surface area contributed by atoms with Gasteiger partial charge in [-0.2, -0.15) is 5.10 Å². The Morgan fingerprint density at radius 2 is 2.38 bits per heavy atom. The topological polar surface area (TPSA) is 79.9 Å². The Morgan fingerprint density at radius 1 is 1.50 bits per heavy atom. The quantitative estimate of drug-likeness (QED) is 0.807. The molecule has 0 aromatic carbocycles. The summed E-state index contributed by atoms with van der Waals surface area (Å²) in [5.41, 5.74) is 1.03. The predicted octanol–water partition coefficient (Wildman–Crippen LogP) is 1.07. The molecule has 0 atom stereocenters. The number of anilines is 1. The second-order valence-corrected chi connectivity index (χ2v) is 3.02. The van der Waals surface area contributed by atoms with Gasteiger partial charge in [-0.1, -0.05) is 0 Å². The molecule has 0 aliphatic rings. The molecule has 2 aromatic heterocycles. The van der Waals surface area contributed by atoms with Gasteiger partial charge in [0.15, 0.2) is 0 Å². The lowest BCUT2D eigenvalue weighted by Crippen LogP contribution is -2.12. The van der Waals surface area contributed by atoms with Crippen molar-refractivity contribution in [1.29, 1.82) is 0 Å². The van der Waals surface area contributed by atoms with Gasteiger partial charge in [-0.25, -0.2) is 0 Å². The molecule has 6 nitrogen and oxygen atoms in total. The minimum atomic E-state index is -0.263. The van der Waals surface area contributed by atoms with Crippen LogP contribution in [-0.4, -0.2) is 28.2 Å². The number of H-pyrrole nitrogens is 1. The average molecular weight is 218 g/mol. The van der Waals surface area contributed by atoms with Crippen LogP contribution in [0.5, 0.6) is 5.75 Å². The standard InChI is InChI=1S/C10H10N4O2/c1-16-9-6-11-3-2-8(9)10(15)14-7-4-12-13-5-7/h2-6H,1H3,(H,12,13)(H,14,15). The third-order valence-corrected chi connectivity index (χ3v) is 2.01. The molecule has 1 amide bonds. The van der Waals surface area contributed by atoms with E-state index >= 15 is 0 Å². The number of carbonyl (C=O) groups excluding carboxylic acids is 1. The van der Waals surface area contributed by atoms with Gasteiger partial charge in [0.1, 0.15) is 5.75 Å². The first-order chi connectivity index (χ1) is 7.81. The van der Waals surface area contributed by atoms with E-state index in [-0.39, 0.29) is 5.91 Å². The molecular weight excluding hydrogens is 208 g/mol. The fourth-order valence-electron chi connectivity index (χ4n) is 1.25. The molecule has 6 heteroatoms. The van der Waals surface area contributed by atoms with Crippen LogP contribution in [0.4, 0.5) is 5.69 Å². The maximum Gasteiger partial charge on any atom is 0.259 e. The van der Waals surface area contributed by atoms with Crippen LogP contribution in [0.25, 0.3) is 0 Å². The van der Waals surface area contributed by atoms with E-state index in [1.807, 2.05) is 0 Å². The third-order valence-electron chi connectivity index (χ3n) is 2.01. The number of nitrogens with one attached hydrogen (secondary N) is 2. The number of aromatic amines is 1. The van der Waals surface area contributed by atoms with Crippen molar-refractivity contribution < 1.29 is 9.53 Å². The van der Waals surface area contributed by atoms with Crippen molar-refractivity contribution in [3.05, 3.63) is 36.4 Å². The van der Waals surface area contributed by atoms with E-state index in [2.05, 4.69) is 20.5 Å². The summed E-state index contributed by atoms with van der Waals surface area (Å²) >= 11 is 0. The van der Waals surface area contributed by atoms with Crippen LogP contribution in [0, 0.1) is 0 Å². The van der Waals surface area contributed by atoms with E-state index in [1.54, 1.807) is 12.3 Å². The van der Waals surface area contributed by atoms with Gasteiger partial charge in [-0.3, -0.25) is 14.9 Å². The summed E-state index contributed by atoms with van der Waals surface area (Å²) in [5, 5.41) is 9.01. The molecule has 0 aliphatic heterocycles. The lowest BCUT2D eigenvalue weighted by atomic mass is 10.2. The van der Waals surface area contributed by atoms with Gasteiger partial charge in [0.2, 0.25) is 0 Å². The van der Waals surface area contributed by atoms with Crippen molar-refractivity contribution in [2.45, 2.75) is 0 Å². The van der Waals surface area contributed by atoms with Crippen LogP contribution in [0.15, 0.2) is 30.9 Å². The van der Waals surface area contributed by atoms with Crippen LogP contribution < -0.4 is 10.1 Å². The largest absolute Gasteiger partial charge is 0.494 e. The number of methoxy groups -OCH3 is 1. The lowest BCUT2D eigenvalue weighted by Gasteiger charge is -2.06. The van der Waals surface area contributed by atoms with Crippen LogP contribution in [0.3, 0.4) is 0 Å². The highest BCUT2D eigenvalue weighted by atomic mass is 16.5. The van der Waals surface area contributed by atoms with Crippen LogP contribution in [-0.2, 0) is 0 Å². The number of ether oxygens (including phenoxy) is 1. The van der Waals surface area contributed by atoms with Gasteiger partial charge in [-0.05, 0) is 6.07 Å². The molecule has 0 saturated carbocycles. The Morgan fingerprint density at radius 3 is 3.06 bits per heavy atom. The van der Waals surface area contributed by atoms with Gasteiger partial charge in [0, 0.05) is 12.4 Å². The smallest absolute Gasteiger partial charge is 0.259 e. The van der Waals surface area contributed by atoms with Crippen LogP contribution in [0.2, 0.25) is 0 Å². The molecule has 0 bridgehead atoms.